The summed E-state index contributed by atoms with van der Waals surface area (Å²) in [5, 5.41) is 8.73. The summed E-state index contributed by atoms with van der Waals surface area (Å²) in [6.07, 6.45) is 6.34. The van der Waals surface area contributed by atoms with Crippen molar-refractivity contribution < 1.29 is 33.5 Å². The van der Waals surface area contributed by atoms with E-state index in [0.717, 1.165) is 24.1 Å². The molecule has 1 spiro atoms. The summed E-state index contributed by atoms with van der Waals surface area (Å²) in [6.45, 7) is 7.33. The number of alkyl carbamates (subject to hydrolysis) is 1. The Morgan fingerprint density at radius 1 is 1.12 bits per heavy atom. The van der Waals surface area contributed by atoms with E-state index in [-0.39, 0.29) is 32.0 Å². The Morgan fingerprint density at radius 2 is 1.90 bits per heavy atom. The molecular weight excluding hydrogens is 676 g/mol. The number of ketones is 1. The van der Waals surface area contributed by atoms with Crippen LogP contribution in [0.1, 0.15) is 77.5 Å². The van der Waals surface area contributed by atoms with E-state index in [9.17, 15) is 24.0 Å². The van der Waals surface area contributed by atoms with E-state index >= 15 is 0 Å². The number of rotatable bonds is 14. The fourth-order valence-corrected chi connectivity index (χ4v) is 6.42. The maximum absolute atomic E-state index is 14.5. The van der Waals surface area contributed by atoms with Gasteiger partial charge in [-0.2, -0.15) is 0 Å². The molecule has 1 aliphatic carbocycles. The van der Waals surface area contributed by atoms with Crippen LogP contribution in [0.15, 0.2) is 54.7 Å². The topological polar surface area (TPSA) is 168 Å². The largest absolute Gasteiger partial charge is 0.450 e. The molecule has 3 aliphatic rings. The quantitative estimate of drug-likeness (QED) is 0.167. The number of carbonyl (C=O) groups is 5. The minimum Gasteiger partial charge on any atom is -0.450 e. The van der Waals surface area contributed by atoms with Gasteiger partial charge in [-0.1, -0.05) is 63.9 Å². The van der Waals surface area contributed by atoms with Crippen molar-refractivity contribution >= 4 is 46.9 Å². The minimum absolute atomic E-state index is 0.0240. The Labute approximate surface area is 303 Å². The summed E-state index contributed by atoms with van der Waals surface area (Å²) in [4.78, 5) is 79.2. The maximum Gasteiger partial charge on any atom is 0.407 e. The highest BCUT2D eigenvalue weighted by Crippen LogP contribution is 2.39. The number of hydrogen-bond donors (Lipinski definition) is 4. The second-order valence-corrected chi connectivity index (χ2v) is 14.9. The predicted molar refractivity (Wildman–Crippen MR) is 190 cm³/mol. The molecule has 1 saturated carbocycles. The number of likely N-dealkylation sites (tertiary alicyclic amines) is 1. The summed E-state index contributed by atoms with van der Waals surface area (Å²) in [5.41, 5.74) is 3.25. The number of halogens is 1. The summed E-state index contributed by atoms with van der Waals surface area (Å²) >= 11 is 6.24. The third-order valence-electron chi connectivity index (χ3n) is 9.10. The van der Waals surface area contributed by atoms with Crippen LogP contribution in [0.25, 0.3) is 5.70 Å². The molecule has 274 valence electrons. The lowest BCUT2D eigenvalue weighted by Crippen LogP contribution is -2.59. The average Bonchev–Trinajstić information content (AvgIpc) is 3.69. The second kappa shape index (κ2) is 16.2. The molecule has 5 rings (SSSR count). The number of nitrogens with one attached hydrogen (secondary N) is 4. The van der Waals surface area contributed by atoms with Crippen molar-refractivity contribution in [3.05, 3.63) is 71.0 Å². The highest BCUT2D eigenvalue weighted by Gasteiger charge is 2.54. The molecule has 0 radical (unpaired) electrons. The molecule has 51 heavy (non-hydrogen) atoms. The van der Waals surface area contributed by atoms with Crippen LogP contribution in [-0.2, 0) is 35.2 Å². The van der Waals surface area contributed by atoms with Crippen molar-refractivity contribution in [1.29, 1.82) is 0 Å². The van der Waals surface area contributed by atoms with Gasteiger partial charge >= 0.3 is 6.09 Å². The highest BCUT2D eigenvalue weighted by atomic mass is 35.5. The minimum atomic E-state index is -1.13. The van der Waals surface area contributed by atoms with Crippen molar-refractivity contribution in [2.24, 2.45) is 5.41 Å². The molecule has 3 heterocycles. The van der Waals surface area contributed by atoms with E-state index in [2.05, 4.69) is 26.4 Å². The van der Waals surface area contributed by atoms with Crippen LogP contribution in [0.4, 0.5) is 4.79 Å². The van der Waals surface area contributed by atoms with E-state index in [4.69, 9.17) is 21.2 Å². The Hall–Kier alpha value is -4.49. The fraction of sp³-hybridized carbons (Fsp3) is 0.514. The van der Waals surface area contributed by atoms with Gasteiger partial charge in [-0.05, 0) is 67.9 Å². The number of amides is 4. The SMILES string of the molecule is CCC[C@H](NC(=O)[C@@H]1C[C@]2(C=C(c3cccc(Cl)c3)NO2)CN1C(=O)[C@@H](NC(=O)OCCCc1ccccn1)C(C)(C)C)C(=O)C(=O)NC1CC1. The zero-order chi connectivity index (χ0) is 36.8. The fourth-order valence-electron chi connectivity index (χ4n) is 6.23. The number of aryl methyl sites for hydroxylation is 1. The smallest absolute Gasteiger partial charge is 0.407 e. The molecule has 2 aliphatic heterocycles. The Morgan fingerprint density at radius 3 is 2.57 bits per heavy atom. The van der Waals surface area contributed by atoms with E-state index < -0.39 is 58.7 Å². The molecule has 0 bridgehead atoms. The van der Waals surface area contributed by atoms with Gasteiger partial charge in [0, 0.05) is 34.9 Å². The van der Waals surface area contributed by atoms with E-state index in [1.165, 1.54) is 4.90 Å². The zero-order valence-electron chi connectivity index (χ0n) is 29.5. The van der Waals surface area contributed by atoms with Crippen LogP contribution >= 0.6 is 11.6 Å². The third-order valence-corrected chi connectivity index (χ3v) is 9.34. The molecule has 1 saturated heterocycles. The zero-order valence-corrected chi connectivity index (χ0v) is 30.3. The number of hydroxylamine groups is 1. The third kappa shape index (κ3) is 9.85. The molecule has 2 fully saturated rings. The lowest BCUT2D eigenvalue weighted by atomic mass is 9.85. The van der Waals surface area contributed by atoms with Crippen molar-refractivity contribution in [3.8, 4) is 0 Å². The van der Waals surface area contributed by atoms with E-state index in [0.29, 0.717) is 30.0 Å². The van der Waals surface area contributed by atoms with Gasteiger partial charge in [0.25, 0.3) is 5.91 Å². The van der Waals surface area contributed by atoms with Gasteiger partial charge in [0.2, 0.25) is 17.6 Å². The first-order chi connectivity index (χ1) is 24.3. The first kappa shape index (κ1) is 37.8. The molecule has 2 aromatic rings. The maximum atomic E-state index is 14.5. The van der Waals surface area contributed by atoms with Crippen LogP contribution in [0.3, 0.4) is 0 Å². The molecule has 4 N–H and O–H groups in total. The number of Topliss-reactive ketones (excluding diaryl/α,β-unsaturated/α-hetero) is 1. The monoisotopic (exact) mass is 722 g/mol. The lowest BCUT2D eigenvalue weighted by molar-refractivity contribution is -0.144. The molecule has 4 atom stereocenters. The molecule has 13 nitrogen and oxygen atoms in total. The van der Waals surface area contributed by atoms with Crippen LogP contribution in [0, 0.1) is 5.41 Å². The van der Waals surface area contributed by atoms with Gasteiger partial charge in [-0.25, -0.2) is 4.79 Å². The molecule has 1 aromatic heterocycles. The summed E-state index contributed by atoms with van der Waals surface area (Å²) in [7, 11) is 0. The van der Waals surface area contributed by atoms with Gasteiger partial charge in [-0.15, -0.1) is 0 Å². The van der Waals surface area contributed by atoms with Crippen LogP contribution in [0.2, 0.25) is 5.02 Å². The van der Waals surface area contributed by atoms with Gasteiger partial charge in [0.15, 0.2) is 0 Å². The van der Waals surface area contributed by atoms with Crippen LogP contribution < -0.4 is 21.4 Å². The number of ether oxygens (including phenoxy) is 1. The van der Waals surface area contributed by atoms with E-state index in [1.54, 1.807) is 45.2 Å². The van der Waals surface area contributed by atoms with Crippen molar-refractivity contribution in [2.75, 3.05) is 13.2 Å². The van der Waals surface area contributed by atoms with E-state index in [1.807, 2.05) is 37.3 Å². The van der Waals surface area contributed by atoms with Gasteiger partial charge < -0.3 is 25.6 Å². The van der Waals surface area contributed by atoms with Crippen LogP contribution in [-0.4, -0.2) is 82.4 Å². The number of aromatic nitrogens is 1. The first-order valence-corrected chi connectivity index (χ1v) is 17.9. The number of carbonyl (C=O) groups excluding carboxylic acids is 5. The Bertz CT molecular complexity index is 1640. The summed E-state index contributed by atoms with van der Waals surface area (Å²) < 4.78 is 5.44. The van der Waals surface area contributed by atoms with Crippen molar-refractivity contribution in [1.82, 2.24) is 31.3 Å². The van der Waals surface area contributed by atoms with Crippen molar-refractivity contribution in [3.63, 3.8) is 0 Å². The highest BCUT2D eigenvalue weighted by molar-refractivity contribution is 6.38. The number of hydrogen-bond acceptors (Lipinski definition) is 9. The summed E-state index contributed by atoms with van der Waals surface area (Å²) in [5.74, 6) is -2.60. The average molecular weight is 723 g/mol. The lowest BCUT2D eigenvalue weighted by Gasteiger charge is -2.35. The molecular formula is C37H47ClN6O7. The Balaban J connectivity index is 1.35. The molecule has 14 heteroatoms. The summed E-state index contributed by atoms with van der Waals surface area (Å²) in [6, 6.07) is 9.48. The first-order valence-electron chi connectivity index (χ1n) is 17.5. The molecule has 1 aromatic carbocycles. The predicted octanol–water partition coefficient (Wildman–Crippen LogP) is 3.86. The number of nitrogens with zero attached hydrogens (tertiary/aromatic N) is 2. The van der Waals surface area contributed by atoms with Gasteiger partial charge in [0.1, 0.15) is 17.7 Å². The normalized spacial score (nSPS) is 20.9. The Kier molecular flexibility index (Phi) is 12.0. The van der Waals surface area contributed by atoms with Crippen LogP contribution in [0.5, 0.6) is 0 Å². The number of pyridine rings is 1. The standard InChI is InChI=1S/C37H47ClN6O7/c1-5-10-27(30(45)33(47)40-26-15-16-26)41-32(46)29-21-37(20-28(43-51-37)23-11-8-12-24(38)19-23)22-44(29)34(48)31(36(2,3)4)42-35(49)50-18-9-14-25-13-6-7-17-39-25/h6-8,11-13,17,19-20,26-27,29,31,43H,5,9-10,14-16,18,21-22H2,1-4H3,(H,40,47)(H,41,46)(H,42,49)/t27-,29-,31+,37+/m0/s1. The molecule has 4 amide bonds. The second-order valence-electron chi connectivity index (χ2n) is 14.5. The van der Waals surface area contributed by atoms with Gasteiger partial charge in [0.05, 0.1) is 24.9 Å². The van der Waals surface area contributed by atoms with Crippen molar-refractivity contribution in [2.45, 2.75) is 102 Å². The molecule has 0 unspecified atom stereocenters. The van der Waals surface area contributed by atoms with Gasteiger partial charge in [-0.3, -0.25) is 34.5 Å². The number of benzene rings is 1.